The van der Waals surface area contributed by atoms with Crippen LogP contribution in [0.3, 0.4) is 0 Å². The van der Waals surface area contributed by atoms with Crippen molar-refractivity contribution in [3.05, 3.63) is 10.6 Å². The number of aryl methyl sites for hydroxylation is 1. The number of nitrogens with zero attached hydrogens (tertiary/aromatic N) is 2. The zero-order valence-corrected chi connectivity index (χ0v) is 12.7. The van der Waals surface area contributed by atoms with Gasteiger partial charge < -0.3 is 10.2 Å². The van der Waals surface area contributed by atoms with Gasteiger partial charge in [-0.3, -0.25) is 0 Å². The Balaban J connectivity index is 2.09. The summed E-state index contributed by atoms with van der Waals surface area (Å²) in [6.07, 6.45) is -1.83. The van der Waals surface area contributed by atoms with Crippen LogP contribution in [0.4, 0.5) is 18.3 Å². The average molecular weight is 307 g/mol. The fraction of sp³-hybridized carbons (Fsp3) is 0.769. The molecular weight excluding hydrogens is 287 g/mol. The maximum atomic E-state index is 12.6. The van der Waals surface area contributed by atoms with E-state index in [4.69, 9.17) is 0 Å². The smallest absolute Gasteiger partial charge is 0.337 e. The summed E-state index contributed by atoms with van der Waals surface area (Å²) in [5.41, 5.74) is 0.825. The Kier molecular flexibility index (Phi) is 4.59. The van der Waals surface area contributed by atoms with Crippen molar-refractivity contribution in [3.63, 3.8) is 0 Å². The number of aromatic nitrogens is 1. The molecule has 20 heavy (non-hydrogen) atoms. The minimum Gasteiger partial charge on any atom is -0.337 e. The maximum absolute atomic E-state index is 12.6. The molecule has 1 aliphatic rings. The molecule has 0 amide bonds. The van der Waals surface area contributed by atoms with Crippen molar-refractivity contribution in [1.29, 1.82) is 0 Å². The third-order valence-corrected chi connectivity index (χ3v) is 4.42. The van der Waals surface area contributed by atoms with Gasteiger partial charge in [0.25, 0.3) is 0 Å². The van der Waals surface area contributed by atoms with Gasteiger partial charge in [0.2, 0.25) is 0 Å². The molecule has 1 aromatic rings. The van der Waals surface area contributed by atoms with Crippen LogP contribution >= 0.6 is 11.3 Å². The van der Waals surface area contributed by atoms with E-state index in [1.807, 2.05) is 6.92 Å². The second-order valence-electron chi connectivity index (χ2n) is 5.50. The monoisotopic (exact) mass is 307 g/mol. The van der Waals surface area contributed by atoms with E-state index in [-0.39, 0.29) is 6.04 Å². The van der Waals surface area contributed by atoms with E-state index in [9.17, 15) is 13.2 Å². The van der Waals surface area contributed by atoms with Crippen molar-refractivity contribution < 1.29 is 13.2 Å². The summed E-state index contributed by atoms with van der Waals surface area (Å²) < 4.78 is 37.9. The zero-order chi connectivity index (χ0) is 14.9. The second kappa shape index (κ2) is 5.89. The first kappa shape index (κ1) is 15.6. The summed E-state index contributed by atoms with van der Waals surface area (Å²) in [6.45, 7) is 5.12. The molecule has 0 unspecified atom stereocenters. The molecule has 0 aliphatic heterocycles. The van der Waals surface area contributed by atoms with Crippen LogP contribution in [-0.2, 0) is 6.54 Å². The Hall–Kier alpha value is -0.820. The van der Waals surface area contributed by atoms with Crippen LogP contribution in [0.15, 0.2) is 0 Å². The highest BCUT2D eigenvalue weighted by Gasteiger charge is 2.33. The first-order valence-corrected chi connectivity index (χ1v) is 7.61. The molecule has 0 saturated heterocycles. The van der Waals surface area contributed by atoms with Crippen molar-refractivity contribution in [3.8, 4) is 0 Å². The highest BCUT2D eigenvalue weighted by atomic mass is 32.1. The number of hydrogen-bond donors (Lipinski definition) is 1. The van der Waals surface area contributed by atoms with E-state index in [0.29, 0.717) is 17.7 Å². The molecule has 1 N–H and O–H groups in total. The van der Waals surface area contributed by atoms with Crippen molar-refractivity contribution >= 4 is 16.5 Å². The summed E-state index contributed by atoms with van der Waals surface area (Å²) in [6, 6.07) is 0.350. The number of thiazole rings is 1. The van der Waals surface area contributed by atoms with Gasteiger partial charge in [-0.25, -0.2) is 4.98 Å². The lowest BCUT2D eigenvalue weighted by atomic mass is 10.3. The van der Waals surface area contributed by atoms with Gasteiger partial charge in [0.1, 0.15) is 6.54 Å². The Morgan fingerprint density at radius 3 is 2.55 bits per heavy atom. The molecule has 0 atom stereocenters. The number of alkyl halides is 3. The van der Waals surface area contributed by atoms with Gasteiger partial charge >= 0.3 is 6.18 Å². The third kappa shape index (κ3) is 4.34. The standard InChI is InChI=1S/C13H20F3N3S/c1-8(2)19(7-13(14,15)16)12-18-9(3)11(20-12)6-17-10-4-5-10/h8,10,17H,4-7H2,1-3H3. The van der Waals surface area contributed by atoms with Gasteiger partial charge in [0.05, 0.1) is 5.69 Å². The SMILES string of the molecule is Cc1nc(N(CC(F)(F)F)C(C)C)sc1CNC1CC1. The van der Waals surface area contributed by atoms with Gasteiger partial charge in [0, 0.05) is 23.5 Å². The first-order chi connectivity index (χ1) is 9.26. The molecule has 0 bridgehead atoms. The van der Waals surface area contributed by atoms with Crippen LogP contribution in [0, 0.1) is 6.92 Å². The van der Waals surface area contributed by atoms with Crippen LogP contribution in [0.1, 0.15) is 37.3 Å². The molecule has 0 aromatic carbocycles. The van der Waals surface area contributed by atoms with Gasteiger partial charge in [-0.05, 0) is 33.6 Å². The summed E-state index contributed by atoms with van der Waals surface area (Å²) >= 11 is 1.36. The summed E-state index contributed by atoms with van der Waals surface area (Å²) in [5, 5.41) is 3.83. The molecule has 0 spiro atoms. The van der Waals surface area contributed by atoms with Crippen molar-refractivity contribution in [1.82, 2.24) is 10.3 Å². The second-order valence-corrected chi connectivity index (χ2v) is 6.56. The minimum absolute atomic E-state index is 0.230. The lowest BCUT2D eigenvalue weighted by molar-refractivity contribution is -0.120. The van der Waals surface area contributed by atoms with Crippen molar-refractivity contribution in [2.45, 2.75) is 58.4 Å². The number of rotatable bonds is 6. The van der Waals surface area contributed by atoms with Gasteiger partial charge in [-0.1, -0.05) is 0 Å². The zero-order valence-electron chi connectivity index (χ0n) is 11.9. The molecule has 1 aliphatic carbocycles. The molecule has 1 aromatic heterocycles. The van der Waals surface area contributed by atoms with E-state index in [0.717, 1.165) is 10.6 Å². The van der Waals surface area contributed by atoms with Crippen LogP contribution < -0.4 is 10.2 Å². The summed E-state index contributed by atoms with van der Waals surface area (Å²) in [7, 11) is 0. The molecular formula is C13H20F3N3S. The van der Waals surface area contributed by atoms with Crippen molar-refractivity contribution in [2.75, 3.05) is 11.4 Å². The first-order valence-electron chi connectivity index (χ1n) is 6.79. The Morgan fingerprint density at radius 1 is 1.40 bits per heavy atom. The fourth-order valence-corrected chi connectivity index (χ4v) is 3.03. The van der Waals surface area contributed by atoms with Gasteiger partial charge in [0.15, 0.2) is 5.13 Å². The van der Waals surface area contributed by atoms with E-state index in [2.05, 4.69) is 10.3 Å². The van der Waals surface area contributed by atoms with Gasteiger partial charge in [-0.15, -0.1) is 11.3 Å². The average Bonchev–Trinajstić information content (AvgIpc) is 3.06. The molecule has 1 saturated carbocycles. The van der Waals surface area contributed by atoms with Crippen LogP contribution in [0.25, 0.3) is 0 Å². The molecule has 2 rings (SSSR count). The Morgan fingerprint density at radius 2 is 2.05 bits per heavy atom. The van der Waals surface area contributed by atoms with E-state index >= 15 is 0 Å². The van der Waals surface area contributed by atoms with E-state index in [1.54, 1.807) is 13.8 Å². The van der Waals surface area contributed by atoms with Crippen LogP contribution in [0.5, 0.6) is 0 Å². The lowest BCUT2D eigenvalue weighted by Crippen LogP contribution is -2.39. The molecule has 7 heteroatoms. The highest BCUT2D eigenvalue weighted by molar-refractivity contribution is 7.15. The Labute approximate surface area is 121 Å². The predicted molar refractivity (Wildman–Crippen MR) is 75.2 cm³/mol. The quantitative estimate of drug-likeness (QED) is 0.872. The normalized spacial score (nSPS) is 15.9. The molecule has 3 nitrogen and oxygen atoms in total. The largest absolute Gasteiger partial charge is 0.406 e. The maximum Gasteiger partial charge on any atom is 0.406 e. The molecule has 1 fully saturated rings. The molecule has 114 valence electrons. The fourth-order valence-electron chi connectivity index (χ4n) is 1.89. The van der Waals surface area contributed by atoms with E-state index < -0.39 is 12.7 Å². The molecule has 1 heterocycles. The number of anilines is 1. The summed E-state index contributed by atoms with van der Waals surface area (Å²) in [5.74, 6) is 0. The van der Waals surface area contributed by atoms with Crippen LogP contribution in [-0.4, -0.2) is 29.8 Å². The summed E-state index contributed by atoms with van der Waals surface area (Å²) in [4.78, 5) is 6.66. The van der Waals surface area contributed by atoms with E-state index in [1.165, 1.54) is 29.1 Å². The number of halogens is 3. The Bertz CT molecular complexity index is 452. The predicted octanol–water partition coefficient (Wildman–Crippen LogP) is 3.48. The molecule has 0 radical (unpaired) electrons. The highest BCUT2D eigenvalue weighted by Crippen LogP contribution is 2.31. The third-order valence-electron chi connectivity index (χ3n) is 3.23. The lowest BCUT2D eigenvalue weighted by Gasteiger charge is -2.27. The topological polar surface area (TPSA) is 28.2 Å². The minimum atomic E-state index is -4.21. The number of nitrogens with one attached hydrogen (secondary N) is 1. The van der Waals surface area contributed by atoms with Crippen molar-refractivity contribution in [2.24, 2.45) is 0 Å². The van der Waals surface area contributed by atoms with Crippen LogP contribution in [0.2, 0.25) is 0 Å². The number of hydrogen-bond acceptors (Lipinski definition) is 4. The van der Waals surface area contributed by atoms with Gasteiger partial charge in [-0.2, -0.15) is 13.2 Å².